The fourth-order valence-corrected chi connectivity index (χ4v) is 3.91. The number of piperidine rings is 1. The van der Waals surface area contributed by atoms with Crippen LogP contribution in [0.2, 0.25) is 0 Å². The van der Waals surface area contributed by atoms with Crippen LogP contribution in [0.3, 0.4) is 0 Å². The van der Waals surface area contributed by atoms with Gasteiger partial charge in [0.05, 0.1) is 5.52 Å². The molecule has 5 nitrogen and oxygen atoms in total. The van der Waals surface area contributed by atoms with Crippen molar-refractivity contribution in [2.75, 3.05) is 23.7 Å². The SMILES string of the molecule is Nc1cc(-c2cccc3c4c([nH]c23)N2CCC4CC2)no1. The van der Waals surface area contributed by atoms with Gasteiger partial charge in [-0.1, -0.05) is 23.4 Å². The highest BCUT2D eigenvalue weighted by Gasteiger charge is 2.34. The summed E-state index contributed by atoms with van der Waals surface area (Å²) in [5.74, 6) is 2.34. The number of nitrogen functional groups attached to an aromatic ring is 1. The largest absolute Gasteiger partial charge is 0.368 e. The van der Waals surface area contributed by atoms with E-state index in [1.54, 1.807) is 6.07 Å². The van der Waals surface area contributed by atoms with Gasteiger partial charge in [0, 0.05) is 35.7 Å². The first-order valence-electron chi connectivity index (χ1n) is 7.43. The lowest BCUT2D eigenvalue weighted by Gasteiger charge is -2.40. The maximum absolute atomic E-state index is 5.66. The molecular formula is C16H16N4O. The number of H-pyrrole nitrogens is 1. The van der Waals surface area contributed by atoms with E-state index in [-0.39, 0.29) is 0 Å². The van der Waals surface area contributed by atoms with E-state index in [9.17, 15) is 0 Å². The van der Waals surface area contributed by atoms with Gasteiger partial charge >= 0.3 is 0 Å². The Bertz CT molecular complexity index is 839. The third kappa shape index (κ3) is 1.43. The predicted octanol–water partition coefficient (Wildman–Crippen LogP) is 3.10. The predicted molar refractivity (Wildman–Crippen MR) is 82.4 cm³/mol. The normalized spacial score (nSPS) is 17.6. The minimum absolute atomic E-state index is 0.349. The minimum atomic E-state index is 0.349. The van der Waals surface area contributed by atoms with Crippen LogP contribution >= 0.6 is 0 Å². The number of fused-ring (bicyclic) bond motifs is 3. The highest BCUT2D eigenvalue weighted by molar-refractivity contribution is 5.99. The van der Waals surface area contributed by atoms with E-state index in [0.717, 1.165) is 29.9 Å². The van der Waals surface area contributed by atoms with Crippen LogP contribution in [0.4, 0.5) is 11.7 Å². The van der Waals surface area contributed by atoms with Crippen molar-refractivity contribution < 1.29 is 4.52 Å². The lowest BCUT2D eigenvalue weighted by Crippen LogP contribution is -2.38. The number of benzene rings is 1. The van der Waals surface area contributed by atoms with Gasteiger partial charge in [0.2, 0.25) is 5.88 Å². The Morgan fingerprint density at radius 2 is 2.14 bits per heavy atom. The summed E-state index contributed by atoms with van der Waals surface area (Å²) in [6.45, 7) is 2.33. The summed E-state index contributed by atoms with van der Waals surface area (Å²) < 4.78 is 5.03. The van der Waals surface area contributed by atoms with Crippen LogP contribution in [0.15, 0.2) is 28.8 Å². The Morgan fingerprint density at radius 3 is 2.90 bits per heavy atom. The first-order chi connectivity index (χ1) is 10.3. The van der Waals surface area contributed by atoms with Crippen molar-refractivity contribution in [3.8, 4) is 11.3 Å². The summed E-state index contributed by atoms with van der Waals surface area (Å²) in [5.41, 5.74) is 10.1. The summed E-state index contributed by atoms with van der Waals surface area (Å²) in [4.78, 5) is 6.10. The molecule has 6 rings (SSSR count). The van der Waals surface area contributed by atoms with E-state index in [1.807, 2.05) is 0 Å². The third-order valence-electron chi connectivity index (χ3n) is 4.88. The molecule has 21 heavy (non-hydrogen) atoms. The van der Waals surface area contributed by atoms with Crippen molar-refractivity contribution in [2.24, 2.45) is 0 Å². The molecule has 0 spiro atoms. The van der Waals surface area contributed by atoms with E-state index < -0.39 is 0 Å². The Kier molecular flexibility index (Phi) is 2.04. The van der Waals surface area contributed by atoms with Crippen molar-refractivity contribution in [2.45, 2.75) is 18.8 Å². The standard InChI is InChI=1S/C16H16N4O/c17-13-8-12(19-21-13)10-2-1-3-11-14-9-4-6-20(7-5-9)16(14)18-15(10)11/h1-3,8-9,18H,4-7,17H2. The van der Waals surface area contributed by atoms with Crippen molar-refractivity contribution in [1.82, 2.24) is 10.1 Å². The first-order valence-corrected chi connectivity index (χ1v) is 7.43. The van der Waals surface area contributed by atoms with E-state index in [0.29, 0.717) is 11.8 Å². The van der Waals surface area contributed by atoms with Gasteiger partial charge in [-0.25, -0.2) is 0 Å². The second kappa shape index (κ2) is 3.81. The third-order valence-corrected chi connectivity index (χ3v) is 4.88. The first kappa shape index (κ1) is 11.3. The van der Waals surface area contributed by atoms with Crippen LogP contribution in [-0.4, -0.2) is 23.2 Å². The van der Waals surface area contributed by atoms with E-state index >= 15 is 0 Å². The lowest BCUT2D eigenvalue weighted by atomic mass is 9.84. The maximum Gasteiger partial charge on any atom is 0.222 e. The van der Waals surface area contributed by atoms with Crippen LogP contribution < -0.4 is 10.6 Å². The lowest BCUT2D eigenvalue weighted by molar-refractivity contribution is 0.439. The monoisotopic (exact) mass is 280 g/mol. The van der Waals surface area contributed by atoms with E-state index in [4.69, 9.17) is 10.3 Å². The van der Waals surface area contributed by atoms with E-state index in [1.165, 1.54) is 29.6 Å². The number of hydrogen-bond donors (Lipinski definition) is 2. The van der Waals surface area contributed by atoms with Gasteiger partial charge in [0.1, 0.15) is 11.5 Å². The zero-order chi connectivity index (χ0) is 14.0. The molecule has 0 amide bonds. The quantitative estimate of drug-likeness (QED) is 0.718. The zero-order valence-corrected chi connectivity index (χ0v) is 11.6. The van der Waals surface area contributed by atoms with Gasteiger partial charge in [0.15, 0.2) is 0 Å². The molecule has 0 saturated carbocycles. The summed E-state index contributed by atoms with van der Waals surface area (Å²) >= 11 is 0. The second-order valence-corrected chi connectivity index (χ2v) is 5.99. The smallest absolute Gasteiger partial charge is 0.222 e. The highest BCUT2D eigenvalue weighted by atomic mass is 16.5. The number of nitrogens with one attached hydrogen (secondary N) is 1. The Morgan fingerprint density at radius 1 is 1.29 bits per heavy atom. The Labute approximate surface area is 121 Å². The highest BCUT2D eigenvalue weighted by Crippen LogP contribution is 2.47. The maximum atomic E-state index is 5.66. The molecule has 0 radical (unpaired) electrons. The average Bonchev–Trinajstić information content (AvgIpc) is 3.12. The molecular weight excluding hydrogens is 264 g/mol. The number of para-hydroxylation sites is 1. The summed E-state index contributed by atoms with van der Waals surface area (Å²) in [6.07, 6.45) is 2.53. The zero-order valence-electron chi connectivity index (χ0n) is 11.6. The number of rotatable bonds is 1. The fraction of sp³-hybridized carbons (Fsp3) is 0.312. The molecule has 0 unspecified atom stereocenters. The molecule has 3 N–H and O–H groups in total. The molecule has 5 heteroatoms. The van der Waals surface area contributed by atoms with Gasteiger partial charge < -0.3 is 20.1 Å². The molecule has 2 bridgehead atoms. The Balaban J connectivity index is 1.81. The number of hydrogen-bond acceptors (Lipinski definition) is 4. The van der Waals surface area contributed by atoms with Crippen molar-refractivity contribution >= 4 is 22.6 Å². The van der Waals surface area contributed by atoms with Crippen molar-refractivity contribution in [3.05, 3.63) is 29.8 Å². The van der Waals surface area contributed by atoms with Gasteiger partial charge in [-0.05, 0) is 18.8 Å². The molecule has 1 fully saturated rings. The topological polar surface area (TPSA) is 71.1 Å². The Hall–Kier alpha value is -2.43. The molecule has 5 heterocycles. The van der Waals surface area contributed by atoms with Crippen LogP contribution in [0, 0.1) is 0 Å². The molecule has 0 atom stereocenters. The van der Waals surface area contributed by atoms with Gasteiger partial charge in [-0.3, -0.25) is 0 Å². The summed E-state index contributed by atoms with van der Waals surface area (Å²) in [5, 5.41) is 5.38. The number of aromatic nitrogens is 2. The van der Waals surface area contributed by atoms with Crippen LogP contribution in [-0.2, 0) is 0 Å². The molecule has 3 aliphatic heterocycles. The fourth-order valence-electron chi connectivity index (χ4n) is 3.91. The number of aromatic amines is 1. The summed E-state index contributed by atoms with van der Waals surface area (Å²) in [7, 11) is 0. The van der Waals surface area contributed by atoms with Crippen molar-refractivity contribution in [1.29, 1.82) is 0 Å². The van der Waals surface area contributed by atoms with Crippen LogP contribution in [0.25, 0.3) is 22.2 Å². The molecule has 2 aromatic heterocycles. The molecule has 1 aromatic carbocycles. The van der Waals surface area contributed by atoms with Crippen LogP contribution in [0.5, 0.6) is 0 Å². The van der Waals surface area contributed by atoms with Crippen molar-refractivity contribution in [3.63, 3.8) is 0 Å². The number of nitrogens with two attached hydrogens (primary N) is 1. The molecule has 3 aromatic rings. The molecule has 106 valence electrons. The van der Waals surface area contributed by atoms with E-state index in [2.05, 4.69) is 33.2 Å². The summed E-state index contributed by atoms with van der Waals surface area (Å²) in [6, 6.07) is 8.15. The molecule has 3 aliphatic rings. The average molecular weight is 280 g/mol. The molecule has 0 aliphatic carbocycles. The van der Waals surface area contributed by atoms with Gasteiger partial charge in [0.25, 0.3) is 0 Å². The minimum Gasteiger partial charge on any atom is -0.368 e. The molecule has 1 saturated heterocycles. The van der Waals surface area contributed by atoms with Gasteiger partial charge in [-0.15, -0.1) is 0 Å². The van der Waals surface area contributed by atoms with Crippen LogP contribution in [0.1, 0.15) is 24.3 Å². The number of anilines is 2. The van der Waals surface area contributed by atoms with Gasteiger partial charge in [-0.2, -0.15) is 0 Å². The number of nitrogens with zero attached hydrogens (tertiary/aromatic N) is 2. The second-order valence-electron chi connectivity index (χ2n) is 5.99.